The van der Waals surface area contributed by atoms with E-state index in [1.807, 2.05) is 0 Å². The SMILES string of the molecule is CC(CN)c1n[nH]c2c1CCCC2. The van der Waals surface area contributed by atoms with Crippen LogP contribution in [-0.2, 0) is 12.8 Å². The number of nitrogens with two attached hydrogens (primary N) is 1. The minimum Gasteiger partial charge on any atom is -0.330 e. The average molecular weight is 179 g/mol. The van der Waals surface area contributed by atoms with Crippen LogP contribution in [-0.4, -0.2) is 16.7 Å². The number of hydrogen-bond acceptors (Lipinski definition) is 2. The van der Waals surface area contributed by atoms with Crippen LogP contribution < -0.4 is 5.73 Å². The Morgan fingerprint density at radius 2 is 2.23 bits per heavy atom. The van der Waals surface area contributed by atoms with Crippen LogP contribution in [0.15, 0.2) is 0 Å². The number of aryl methyl sites for hydroxylation is 1. The molecule has 1 unspecified atom stereocenters. The molecule has 1 atom stereocenters. The van der Waals surface area contributed by atoms with Crippen LogP contribution in [0.3, 0.4) is 0 Å². The van der Waals surface area contributed by atoms with Gasteiger partial charge in [0.25, 0.3) is 0 Å². The van der Waals surface area contributed by atoms with Gasteiger partial charge < -0.3 is 5.73 Å². The molecule has 1 aromatic rings. The molecule has 3 heteroatoms. The first kappa shape index (κ1) is 8.75. The van der Waals surface area contributed by atoms with Crippen LogP contribution in [0.1, 0.15) is 42.6 Å². The Morgan fingerprint density at radius 3 is 3.00 bits per heavy atom. The molecular formula is C10H17N3. The van der Waals surface area contributed by atoms with Crippen molar-refractivity contribution < 1.29 is 0 Å². The number of nitrogens with zero attached hydrogens (tertiary/aromatic N) is 1. The van der Waals surface area contributed by atoms with Gasteiger partial charge in [-0.25, -0.2) is 0 Å². The molecule has 1 aliphatic carbocycles. The van der Waals surface area contributed by atoms with Crippen LogP contribution in [0.5, 0.6) is 0 Å². The Balaban J connectivity index is 2.31. The summed E-state index contributed by atoms with van der Waals surface area (Å²) in [6.07, 6.45) is 4.95. The van der Waals surface area contributed by atoms with Crippen molar-refractivity contribution in [1.29, 1.82) is 0 Å². The summed E-state index contributed by atoms with van der Waals surface area (Å²) in [5, 5.41) is 7.50. The molecule has 2 rings (SSSR count). The van der Waals surface area contributed by atoms with E-state index in [0.717, 1.165) is 0 Å². The first-order valence-corrected chi connectivity index (χ1v) is 5.09. The fraction of sp³-hybridized carbons (Fsp3) is 0.700. The molecule has 0 saturated carbocycles. The van der Waals surface area contributed by atoms with Gasteiger partial charge in [-0.15, -0.1) is 0 Å². The number of aromatic amines is 1. The third-order valence-corrected chi connectivity index (χ3v) is 2.91. The zero-order valence-electron chi connectivity index (χ0n) is 8.14. The first-order valence-electron chi connectivity index (χ1n) is 5.09. The molecule has 72 valence electrons. The lowest BCUT2D eigenvalue weighted by Crippen LogP contribution is -2.12. The average Bonchev–Trinajstić information content (AvgIpc) is 2.60. The highest BCUT2D eigenvalue weighted by Gasteiger charge is 2.19. The van der Waals surface area contributed by atoms with E-state index in [-0.39, 0.29) is 0 Å². The normalized spacial score (nSPS) is 18.3. The minimum absolute atomic E-state index is 0.401. The quantitative estimate of drug-likeness (QED) is 0.720. The second-order valence-corrected chi connectivity index (χ2v) is 3.91. The van der Waals surface area contributed by atoms with Crippen LogP contribution >= 0.6 is 0 Å². The molecule has 0 bridgehead atoms. The van der Waals surface area contributed by atoms with Crippen molar-refractivity contribution in [2.24, 2.45) is 5.73 Å². The fourth-order valence-electron chi connectivity index (χ4n) is 2.03. The minimum atomic E-state index is 0.401. The Hall–Kier alpha value is -0.830. The van der Waals surface area contributed by atoms with E-state index in [2.05, 4.69) is 17.1 Å². The third-order valence-electron chi connectivity index (χ3n) is 2.91. The molecule has 1 aromatic heterocycles. The molecule has 0 fully saturated rings. The van der Waals surface area contributed by atoms with Gasteiger partial charge in [0.2, 0.25) is 0 Å². The molecular weight excluding hydrogens is 162 g/mol. The highest BCUT2D eigenvalue weighted by atomic mass is 15.1. The van der Waals surface area contributed by atoms with E-state index in [1.54, 1.807) is 0 Å². The second-order valence-electron chi connectivity index (χ2n) is 3.91. The van der Waals surface area contributed by atoms with Gasteiger partial charge in [0, 0.05) is 18.2 Å². The van der Waals surface area contributed by atoms with Gasteiger partial charge in [-0.3, -0.25) is 5.10 Å². The summed E-state index contributed by atoms with van der Waals surface area (Å²) >= 11 is 0. The molecule has 0 radical (unpaired) electrons. The number of rotatable bonds is 2. The monoisotopic (exact) mass is 179 g/mol. The van der Waals surface area contributed by atoms with Gasteiger partial charge in [0.1, 0.15) is 0 Å². The summed E-state index contributed by atoms with van der Waals surface area (Å²) in [7, 11) is 0. The highest BCUT2D eigenvalue weighted by molar-refractivity contribution is 5.30. The molecule has 0 aliphatic heterocycles. The molecule has 1 heterocycles. The lowest BCUT2D eigenvalue weighted by Gasteiger charge is -2.13. The summed E-state index contributed by atoms with van der Waals surface area (Å²) in [5.74, 6) is 0.401. The van der Waals surface area contributed by atoms with Crippen molar-refractivity contribution in [2.75, 3.05) is 6.54 Å². The lowest BCUT2D eigenvalue weighted by molar-refractivity contribution is 0.664. The topological polar surface area (TPSA) is 54.7 Å². The number of nitrogens with one attached hydrogen (secondary N) is 1. The molecule has 0 saturated heterocycles. The van der Waals surface area contributed by atoms with Gasteiger partial charge in [-0.1, -0.05) is 6.92 Å². The maximum atomic E-state index is 5.64. The van der Waals surface area contributed by atoms with Gasteiger partial charge in [0.15, 0.2) is 0 Å². The molecule has 0 spiro atoms. The second kappa shape index (κ2) is 3.50. The summed E-state index contributed by atoms with van der Waals surface area (Å²) < 4.78 is 0. The summed E-state index contributed by atoms with van der Waals surface area (Å²) in [4.78, 5) is 0. The molecule has 0 aromatic carbocycles. The lowest BCUT2D eigenvalue weighted by atomic mass is 9.92. The van der Waals surface area contributed by atoms with E-state index in [4.69, 9.17) is 5.73 Å². The summed E-state index contributed by atoms with van der Waals surface area (Å²) in [6.45, 7) is 2.84. The maximum absolute atomic E-state index is 5.64. The highest BCUT2D eigenvalue weighted by Crippen LogP contribution is 2.26. The van der Waals surface area contributed by atoms with Crippen molar-refractivity contribution in [3.8, 4) is 0 Å². The van der Waals surface area contributed by atoms with Crippen LogP contribution in [0.25, 0.3) is 0 Å². The van der Waals surface area contributed by atoms with Crippen molar-refractivity contribution in [1.82, 2.24) is 10.2 Å². The van der Waals surface area contributed by atoms with Gasteiger partial charge in [0.05, 0.1) is 5.69 Å². The first-order chi connectivity index (χ1) is 6.33. The van der Waals surface area contributed by atoms with E-state index >= 15 is 0 Å². The molecule has 13 heavy (non-hydrogen) atoms. The zero-order chi connectivity index (χ0) is 9.26. The Bertz CT molecular complexity index is 290. The van der Waals surface area contributed by atoms with E-state index in [1.165, 1.54) is 42.6 Å². The maximum Gasteiger partial charge on any atom is 0.0697 e. The van der Waals surface area contributed by atoms with Gasteiger partial charge in [-0.05, 0) is 31.2 Å². The summed E-state index contributed by atoms with van der Waals surface area (Å²) in [6, 6.07) is 0. The Morgan fingerprint density at radius 1 is 1.46 bits per heavy atom. The largest absolute Gasteiger partial charge is 0.330 e. The molecule has 3 nitrogen and oxygen atoms in total. The number of hydrogen-bond donors (Lipinski definition) is 2. The van der Waals surface area contributed by atoms with Gasteiger partial charge in [-0.2, -0.15) is 5.10 Å². The van der Waals surface area contributed by atoms with Crippen molar-refractivity contribution in [3.05, 3.63) is 17.0 Å². The van der Waals surface area contributed by atoms with Gasteiger partial charge >= 0.3 is 0 Å². The van der Waals surface area contributed by atoms with Crippen molar-refractivity contribution in [3.63, 3.8) is 0 Å². The molecule has 3 N–H and O–H groups in total. The predicted molar refractivity (Wildman–Crippen MR) is 52.7 cm³/mol. The van der Waals surface area contributed by atoms with Crippen molar-refractivity contribution in [2.45, 2.75) is 38.5 Å². The molecule has 0 amide bonds. The smallest absolute Gasteiger partial charge is 0.0697 e. The van der Waals surface area contributed by atoms with Crippen LogP contribution in [0.4, 0.5) is 0 Å². The fourth-order valence-corrected chi connectivity index (χ4v) is 2.03. The standard InChI is InChI=1S/C10H17N3/c1-7(6-11)10-8-4-2-3-5-9(8)12-13-10/h7H,2-6,11H2,1H3,(H,12,13). The van der Waals surface area contributed by atoms with Crippen molar-refractivity contribution >= 4 is 0 Å². The van der Waals surface area contributed by atoms with E-state index in [9.17, 15) is 0 Å². The van der Waals surface area contributed by atoms with Crippen LogP contribution in [0, 0.1) is 0 Å². The van der Waals surface area contributed by atoms with Crippen LogP contribution in [0.2, 0.25) is 0 Å². The number of fused-ring (bicyclic) bond motifs is 1. The number of H-pyrrole nitrogens is 1. The zero-order valence-corrected chi connectivity index (χ0v) is 8.14. The van der Waals surface area contributed by atoms with E-state index < -0.39 is 0 Å². The summed E-state index contributed by atoms with van der Waals surface area (Å²) in [5.41, 5.74) is 9.65. The van der Waals surface area contributed by atoms with E-state index in [0.29, 0.717) is 12.5 Å². The third kappa shape index (κ3) is 1.48. The predicted octanol–water partition coefficient (Wildman–Crippen LogP) is 1.35. The number of aromatic nitrogens is 2. The Kier molecular flexibility index (Phi) is 2.36. The molecule has 1 aliphatic rings. The Labute approximate surface area is 78.7 Å².